The van der Waals surface area contributed by atoms with Crippen molar-refractivity contribution in [1.29, 1.82) is 0 Å². The van der Waals surface area contributed by atoms with E-state index >= 15 is 0 Å². The number of benzene rings is 1. The van der Waals surface area contributed by atoms with Crippen LogP contribution in [0.4, 0.5) is 0 Å². The van der Waals surface area contributed by atoms with Gasteiger partial charge in [-0.3, -0.25) is 9.59 Å². The molecule has 0 aliphatic carbocycles. The van der Waals surface area contributed by atoms with E-state index in [0.29, 0.717) is 23.6 Å². The Labute approximate surface area is 175 Å². The van der Waals surface area contributed by atoms with Crippen molar-refractivity contribution in [2.75, 3.05) is 33.3 Å². The SMILES string of the molecule is CCN(CC)CCNC(=O)Cn1nc(C)n2nc(-c3ccc(OC)cc3)cc2c1=O. The molecule has 1 amide bonds. The second kappa shape index (κ2) is 9.53. The van der Waals surface area contributed by atoms with Gasteiger partial charge in [-0.2, -0.15) is 10.2 Å². The standard InChI is InChI=1S/C21H28N6O3/c1-5-25(6-2)12-11-22-20(28)14-26-21(29)19-13-18(24-27(19)15(3)23-26)16-7-9-17(30-4)10-8-16/h7-10,13H,5-6,11-12,14H2,1-4H3,(H,22,28). The first kappa shape index (κ1) is 21.5. The number of nitrogens with zero attached hydrogens (tertiary/aromatic N) is 5. The highest BCUT2D eigenvalue weighted by Gasteiger charge is 2.15. The summed E-state index contributed by atoms with van der Waals surface area (Å²) in [7, 11) is 1.61. The fraction of sp³-hybridized carbons (Fsp3) is 0.429. The second-order valence-corrected chi connectivity index (χ2v) is 6.94. The third-order valence-electron chi connectivity index (χ3n) is 5.06. The Morgan fingerprint density at radius 2 is 1.87 bits per heavy atom. The zero-order chi connectivity index (χ0) is 21.7. The van der Waals surface area contributed by atoms with Crippen LogP contribution in [0.15, 0.2) is 35.1 Å². The first-order valence-corrected chi connectivity index (χ1v) is 10.1. The number of methoxy groups -OCH3 is 1. The van der Waals surface area contributed by atoms with Crippen molar-refractivity contribution >= 4 is 11.4 Å². The van der Waals surface area contributed by atoms with E-state index in [-0.39, 0.29) is 18.0 Å². The molecule has 0 aliphatic rings. The predicted octanol–water partition coefficient (Wildman–Crippen LogP) is 1.33. The molecule has 160 valence electrons. The Kier molecular flexibility index (Phi) is 6.83. The highest BCUT2D eigenvalue weighted by atomic mass is 16.5. The van der Waals surface area contributed by atoms with Gasteiger partial charge in [0.2, 0.25) is 5.91 Å². The largest absolute Gasteiger partial charge is 0.497 e. The highest BCUT2D eigenvalue weighted by molar-refractivity contribution is 5.75. The van der Waals surface area contributed by atoms with Gasteiger partial charge in [-0.25, -0.2) is 9.20 Å². The normalized spacial score (nSPS) is 11.2. The fourth-order valence-electron chi connectivity index (χ4n) is 3.27. The Hall–Kier alpha value is -3.20. The summed E-state index contributed by atoms with van der Waals surface area (Å²) in [5.41, 5.74) is 1.54. The monoisotopic (exact) mass is 412 g/mol. The van der Waals surface area contributed by atoms with E-state index in [1.807, 2.05) is 24.3 Å². The minimum absolute atomic E-state index is 0.128. The van der Waals surface area contributed by atoms with E-state index in [0.717, 1.165) is 30.9 Å². The number of amides is 1. The van der Waals surface area contributed by atoms with E-state index in [4.69, 9.17) is 4.74 Å². The van der Waals surface area contributed by atoms with Crippen molar-refractivity contribution in [3.8, 4) is 17.0 Å². The molecule has 3 rings (SSSR count). The molecule has 30 heavy (non-hydrogen) atoms. The molecule has 9 heteroatoms. The molecule has 0 spiro atoms. The molecule has 2 aromatic heterocycles. The molecule has 0 fully saturated rings. The molecule has 0 bridgehead atoms. The van der Waals surface area contributed by atoms with Crippen LogP contribution in [0.1, 0.15) is 19.7 Å². The number of rotatable bonds is 9. The molecule has 9 nitrogen and oxygen atoms in total. The van der Waals surface area contributed by atoms with Gasteiger partial charge in [0.25, 0.3) is 5.56 Å². The second-order valence-electron chi connectivity index (χ2n) is 6.94. The van der Waals surface area contributed by atoms with E-state index in [1.165, 1.54) is 9.20 Å². The summed E-state index contributed by atoms with van der Waals surface area (Å²) in [5.74, 6) is 1.03. The molecule has 0 saturated carbocycles. The van der Waals surface area contributed by atoms with Gasteiger partial charge < -0.3 is 15.0 Å². The quantitative estimate of drug-likeness (QED) is 0.570. The van der Waals surface area contributed by atoms with Gasteiger partial charge in [0.05, 0.1) is 12.8 Å². The molecule has 0 radical (unpaired) electrons. The molecule has 1 aromatic carbocycles. The van der Waals surface area contributed by atoms with Crippen molar-refractivity contribution in [2.24, 2.45) is 0 Å². The third kappa shape index (κ3) is 4.68. The first-order valence-electron chi connectivity index (χ1n) is 10.1. The number of hydrogen-bond acceptors (Lipinski definition) is 6. The number of aryl methyl sites for hydroxylation is 1. The van der Waals surface area contributed by atoms with Gasteiger partial charge in [0, 0.05) is 18.7 Å². The van der Waals surface area contributed by atoms with E-state index < -0.39 is 0 Å². The van der Waals surface area contributed by atoms with Crippen LogP contribution in [-0.2, 0) is 11.3 Å². The Morgan fingerprint density at radius 3 is 2.50 bits per heavy atom. The van der Waals surface area contributed by atoms with E-state index in [1.54, 1.807) is 20.1 Å². The maximum absolute atomic E-state index is 12.9. The van der Waals surface area contributed by atoms with Crippen molar-refractivity contribution in [3.63, 3.8) is 0 Å². The lowest BCUT2D eigenvalue weighted by Gasteiger charge is -2.18. The van der Waals surface area contributed by atoms with Crippen LogP contribution in [-0.4, -0.2) is 63.5 Å². The van der Waals surface area contributed by atoms with Gasteiger partial charge in [-0.15, -0.1) is 0 Å². The molecule has 0 aliphatic heterocycles. The molecule has 3 aromatic rings. The summed E-state index contributed by atoms with van der Waals surface area (Å²) in [5, 5.41) is 11.6. The van der Waals surface area contributed by atoms with Crippen LogP contribution in [0.2, 0.25) is 0 Å². The van der Waals surface area contributed by atoms with Gasteiger partial charge in [-0.05, 0) is 50.3 Å². The van der Waals surface area contributed by atoms with Crippen molar-refractivity contribution in [1.82, 2.24) is 29.6 Å². The molecular formula is C21H28N6O3. The number of hydrogen-bond donors (Lipinski definition) is 1. The van der Waals surface area contributed by atoms with Gasteiger partial charge in [0.1, 0.15) is 23.6 Å². The molecule has 2 heterocycles. The Balaban J connectivity index is 1.79. The summed E-state index contributed by atoms with van der Waals surface area (Å²) >= 11 is 0. The van der Waals surface area contributed by atoms with Crippen molar-refractivity contribution in [3.05, 3.63) is 46.5 Å². The number of carbonyl (C=O) groups is 1. The molecule has 1 N–H and O–H groups in total. The zero-order valence-corrected chi connectivity index (χ0v) is 17.9. The van der Waals surface area contributed by atoms with E-state index in [2.05, 4.69) is 34.3 Å². The average molecular weight is 412 g/mol. The molecule has 0 saturated heterocycles. The summed E-state index contributed by atoms with van der Waals surface area (Å²) in [4.78, 5) is 27.4. The Bertz CT molecular complexity index is 1070. The number of likely N-dealkylation sites (N-methyl/N-ethyl adjacent to an activating group) is 1. The maximum atomic E-state index is 12.9. The third-order valence-corrected chi connectivity index (χ3v) is 5.06. The maximum Gasteiger partial charge on any atom is 0.293 e. The number of carbonyl (C=O) groups excluding carboxylic acids is 1. The van der Waals surface area contributed by atoms with Crippen LogP contribution in [0, 0.1) is 6.92 Å². The minimum atomic E-state index is -0.355. The van der Waals surface area contributed by atoms with Crippen molar-refractivity contribution < 1.29 is 9.53 Å². The number of fused-ring (bicyclic) bond motifs is 1. The lowest BCUT2D eigenvalue weighted by Crippen LogP contribution is -2.38. The predicted molar refractivity (Wildman–Crippen MR) is 115 cm³/mol. The fourth-order valence-corrected chi connectivity index (χ4v) is 3.27. The van der Waals surface area contributed by atoms with Crippen LogP contribution in [0.3, 0.4) is 0 Å². The molecular weight excluding hydrogens is 384 g/mol. The lowest BCUT2D eigenvalue weighted by molar-refractivity contribution is -0.121. The van der Waals surface area contributed by atoms with Gasteiger partial charge in [-0.1, -0.05) is 13.8 Å². The van der Waals surface area contributed by atoms with E-state index in [9.17, 15) is 9.59 Å². The van der Waals surface area contributed by atoms with Crippen LogP contribution >= 0.6 is 0 Å². The molecule has 0 unspecified atom stereocenters. The van der Waals surface area contributed by atoms with Crippen LogP contribution in [0.5, 0.6) is 5.75 Å². The summed E-state index contributed by atoms with van der Waals surface area (Å²) in [6, 6.07) is 9.15. The van der Waals surface area contributed by atoms with Gasteiger partial charge in [0.15, 0.2) is 0 Å². The Morgan fingerprint density at radius 1 is 1.17 bits per heavy atom. The van der Waals surface area contributed by atoms with Crippen LogP contribution in [0.25, 0.3) is 16.8 Å². The smallest absolute Gasteiger partial charge is 0.293 e. The summed E-state index contributed by atoms with van der Waals surface area (Å²) in [6.07, 6.45) is 0. The highest BCUT2D eigenvalue weighted by Crippen LogP contribution is 2.21. The lowest BCUT2D eigenvalue weighted by atomic mass is 10.1. The summed E-state index contributed by atoms with van der Waals surface area (Å²) < 4.78 is 7.88. The molecule has 0 atom stereocenters. The number of ether oxygens (including phenoxy) is 1. The van der Waals surface area contributed by atoms with Crippen LogP contribution < -0.4 is 15.6 Å². The number of nitrogens with one attached hydrogen (secondary N) is 1. The zero-order valence-electron chi connectivity index (χ0n) is 17.9. The number of aromatic nitrogens is 4. The van der Waals surface area contributed by atoms with Gasteiger partial charge >= 0.3 is 0 Å². The minimum Gasteiger partial charge on any atom is -0.497 e. The van der Waals surface area contributed by atoms with Crippen molar-refractivity contribution in [2.45, 2.75) is 27.3 Å². The first-order chi connectivity index (χ1) is 14.5. The average Bonchev–Trinajstić information content (AvgIpc) is 3.21. The summed E-state index contributed by atoms with van der Waals surface area (Å²) in [6.45, 7) is 8.96. The topological polar surface area (TPSA) is 93.8 Å².